The standard InChI is InChI=1S/C15H21N3O2/c1-2-3-14(19)18-13-6-4-11(5-7-13)8-17-15(20)12-9-16-10-12/h4-7,12,16H,2-3,8-10H2,1H3,(H,17,20)(H,18,19). The van der Waals surface area contributed by atoms with E-state index in [2.05, 4.69) is 16.0 Å². The molecule has 5 nitrogen and oxygen atoms in total. The first-order valence-electron chi connectivity index (χ1n) is 7.06. The number of hydrogen-bond acceptors (Lipinski definition) is 3. The summed E-state index contributed by atoms with van der Waals surface area (Å²) >= 11 is 0. The Kier molecular flexibility index (Phi) is 5.12. The first-order chi connectivity index (χ1) is 9.69. The lowest BCUT2D eigenvalue weighted by atomic mass is 10.0. The highest BCUT2D eigenvalue weighted by Gasteiger charge is 2.24. The molecule has 108 valence electrons. The van der Waals surface area contributed by atoms with E-state index >= 15 is 0 Å². The third kappa shape index (κ3) is 4.06. The Bertz CT molecular complexity index is 467. The van der Waals surface area contributed by atoms with Crippen LogP contribution in [0.25, 0.3) is 0 Å². The Morgan fingerprint density at radius 1 is 1.25 bits per heavy atom. The molecule has 2 rings (SSSR count). The van der Waals surface area contributed by atoms with E-state index in [0.717, 1.165) is 30.8 Å². The zero-order valence-corrected chi connectivity index (χ0v) is 11.7. The number of carbonyl (C=O) groups is 2. The second-order valence-electron chi connectivity index (χ2n) is 5.07. The first-order valence-corrected chi connectivity index (χ1v) is 7.06. The number of carbonyl (C=O) groups excluding carboxylic acids is 2. The highest BCUT2D eigenvalue weighted by atomic mass is 16.2. The van der Waals surface area contributed by atoms with E-state index in [1.54, 1.807) is 0 Å². The average molecular weight is 275 g/mol. The SMILES string of the molecule is CCCC(=O)Nc1ccc(CNC(=O)C2CNC2)cc1. The summed E-state index contributed by atoms with van der Waals surface area (Å²) < 4.78 is 0. The fourth-order valence-corrected chi connectivity index (χ4v) is 1.96. The molecule has 0 saturated carbocycles. The Morgan fingerprint density at radius 3 is 2.50 bits per heavy atom. The van der Waals surface area contributed by atoms with Gasteiger partial charge >= 0.3 is 0 Å². The second kappa shape index (κ2) is 7.05. The van der Waals surface area contributed by atoms with Gasteiger partial charge < -0.3 is 16.0 Å². The summed E-state index contributed by atoms with van der Waals surface area (Å²) in [6, 6.07) is 7.56. The Balaban J connectivity index is 1.78. The fraction of sp³-hybridized carbons (Fsp3) is 0.467. The largest absolute Gasteiger partial charge is 0.352 e. The summed E-state index contributed by atoms with van der Waals surface area (Å²) in [7, 11) is 0. The zero-order chi connectivity index (χ0) is 14.4. The summed E-state index contributed by atoms with van der Waals surface area (Å²) in [5.74, 6) is 0.248. The van der Waals surface area contributed by atoms with E-state index in [1.165, 1.54) is 0 Å². The van der Waals surface area contributed by atoms with Crippen molar-refractivity contribution in [2.75, 3.05) is 18.4 Å². The van der Waals surface area contributed by atoms with Crippen LogP contribution in [-0.4, -0.2) is 24.9 Å². The van der Waals surface area contributed by atoms with Gasteiger partial charge in [0.05, 0.1) is 5.92 Å². The third-order valence-corrected chi connectivity index (χ3v) is 3.33. The van der Waals surface area contributed by atoms with Crippen molar-refractivity contribution < 1.29 is 9.59 Å². The van der Waals surface area contributed by atoms with Crippen molar-refractivity contribution in [2.24, 2.45) is 5.92 Å². The van der Waals surface area contributed by atoms with Crippen LogP contribution in [0.15, 0.2) is 24.3 Å². The maximum Gasteiger partial charge on any atom is 0.225 e. The smallest absolute Gasteiger partial charge is 0.225 e. The fourth-order valence-electron chi connectivity index (χ4n) is 1.96. The molecule has 1 saturated heterocycles. The van der Waals surface area contributed by atoms with Gasteiger partial charge in [-0.05, 0) is 24.1 Å². The van der Waals surface area contributed by atoms with Crippen LogP contribution in [0.1, 0.15) is 25.3 Å². The van der Waals surface area contributed by atoms with E-state index in [9.17, 15) is 9.59 Å². The molecule has 20 heavy (non-hydrogen) atoms. The summed E-state index contributed by atoms with van der Waals surface area (Å²) in [4.78, 5) is 23.1. The molecule has 0 unspecified atom stereocenters. The van der Waals surface area contributed by atoms with Crippen LogP contribution >= 0.6 is 0 Å². The lowest BCUT2D eigenvalue weighted by molar-refractivity contribution is -0.126. The molecule has 0 bridgehead atoms. The monoisotopic (exact) mass is 275 g/mol. The number of amides is 2. The Hall–Kier alpha value is -1.88. The normalized spacial score (nSPS) is 14.4. The molecular formula is C15H21N3O2. The van der Waals surface area contributed by atoms with E-state index < -0.39 is 0 Å². The summed E-state index contributed by atoms with van der Waals surface area (Å²) in [6.45, 7) is 4.05. The van der Waals surface area contributed by atoms with Crippen LogP contribution in [-0.2, 0) is 16.1 Å². The van der Waals surface area contributed by atoms with Gasteiger partial charge in [-0.1, -0.05) is 19.1 Å². The van der Waals surface area contributed by atoms with Crippen molar-refractivity contribution in [1.82, 2.24) is 10.6 Å². The molecule has 5 heteroatoms. The molecule has 0 spiro atoms. The Morgan fingerprint density at radius 2 is 1.95 bits per heavy atom. The lowest BCUT2D eigenvalue weighted by Gasteiger charge is -2.25. The Labute approximate surface area is 119 Å². The first kappa shape index (κ1) is 14.5. The van der Waals surface area contributed by atoms with Gasteiger partial charge in [0.2, 0.25) is 11.8 Å². The van der Waals surface area contributed by atoms with E-state index in [1.807, 2.05) is 31.2 Å². The van der Waals surface area contributed by atoms with Gasteiger partial charge in [-0.3, -0.25) is 9.59 Å². The molecule has 2 amide bonds. The summed E-state index contributed by atoms with van der Waals surface area (Å²) in [5, 5.41) is 8.83. The zero-order valence-electron chi connectivity index (χ0n) is 11.7. The number of hydrogen-bond donors (Lipinski definition) is 3. The highest BCUT2D eigenvalue weighted by molar-refractivity contribution is 5.90. The molecule has 1 aliphatic rings. The number of rotatable bonds is 6. The molecule has 0 aliphatic carbocycles. The molecular weight excluding hydrogens is 254 g/mol. The molecule has 0 radical (unpaired) electrons. The maximum absolute atomic E-state index is 11.7. The van der Waals surface area contributed by atoms with Crippen LogP contribution in [0.4, 0.5) is 5.69 Å². The number of anilines is 1. The molecule has 1 fully saturated rings. The minimum absolute atomic E-state index is 0.0334. The van der Waals surface area contributed by atoms with Gasteiger partial charge in [0.15, 0.2) is 0 Å². The molecule has 0 aromatic heterocycles. The van der Waals surface area contributed by atoms with Gasteiger partial charge in [-0.25, -0.2) is 0 Å². The van der Waals surface area contributed by atoms with Crippen molar-refractivity contribution in [2.45, 2.75) is 26.3 Å². The molecule has 3 N–H and O–H groups in total. The van der Waals surface area contributed by atoms with Gasteiger partial charge in [0.1, 0.15) is 0 Å². The quantitative estimate of drug-likeness (QED) is 0.732. The lowest BCUT2D eigenvalue weighted by Crippen LogP contribution is -2.50. The number of nitrogens with one attached hydrogen (secondary N) is 3. The number of benzene rings is 1. The van der Waals surface area contributed by atoms with Crippen molar-refractivity contribution in [3.63, 3.8) is 0 Å². The van der Waals surface area contributed by atoms with Gasteiger partial charge in [-0.15, -0.1) is 0 Å². The van der Waals surface area contributed by atoms with E-state index in [0.29, 0.717) is 13.0 Å². The van der Waals surface area contributed by atoms with E-state index in [-0.39, 0.29) is 17.7 Å². The molecule has 0 atom stereocenters. The average Bonchev–Trinajstić information content (AvgIpc) is 2.36. The summed E-state index contributed by atoms with van der Waals surface area (Å²) in [6.07, 6.45) is 1.37. The second-order valence-corrected chi connectivity index (χ2v) is 5.07. The predicted molar refractivity (Wildman–Crippen MR) is 78.2 cm³/mol. The van der Waals surface area contributed by atoms with Crippen LogP contribution in [0.5, 0.6) is 0 Å². The van der Waals surface area contributed by atoms with Crippen molar-refractivity contribution in [3.8, 4) is 0 Å². The van der Waals surface area contributed by atoms with Gasteiger partial charge in [0, 0.05) is 31.7 Å². The summed E-state index contributed by atoms with van der Waals surface area (Å²) in [5.41, 5.74) is 1.82. The van der Waals surface area contributed by atoms with Crippen LogP contribution in [0.2, 0.25) is 0 Å². The van der Waals surface area contributed by atoms with Crippen molar-refractivity contribution >= 4 is 17.5 Å². The molecule has 1 aliphatic heterocycles. The van der Waals surface area contributed by atoms with Gasteiger partial charge in [0.25, 0.3) is 0 Å². The molecule has 1 aromatic rings. The van der Waals surface area contributed by atoms with Gasteiger partial charge in [-0.2, -0.15) is 0 Å². The molecule has 1 aromatic carbocycles. The van der Waals surface area contributed by atoms with Crippen molar-refractivity contribution in [3.05, 3.63) is 29.8 Å². The maximum atomic E-state index is 11.7. The van der Waals surface area contributed by atoms with Crippen LogP contribution in [0.3, 0.4) is 0 Å². The topological polar surface area (TPSA) is 70.2 Å². The third-order valence-electron chi connectivity index (χ3n) is 3.33. The van der Waals surface area contributed by atoms with Crippen molar-refractivity contribution in [1.29, 1.82) is 0 Å². The minimum atomic E-state index is 0.0334. The van der Waals surface area contributed by atoms with Crippen LogP contribution < -0.4 is 16.0 Å². The van der Waals surface area contributed by atoms with E-state index in [4.69, 9.17) is 0 Å². The minimum Gasteiger partial charge on any atom is -0.352 e. The predicted octanol–water partition coefficient (Wildman–Crippen LogP) is 1.26. The van der Waals surface area contributed by atoms with Crippen LogP contribution in [0, 0.1) is 5.92 Å². The highest BCUT2D eigenvalue weighted by Crippen LogP contribution is 2.11. The molecule has 1 heterocycles.